The topological polar surface area (TPSA) is 24.1 Å². The van der Waals surface area contributed by atoms with Gasteiger partial charge in [-0.2, -0.15) is 0 Å². The molecule has 0 bridgehead atoms. The van der Waals surface area contributed by atoms with Crippen LogP contribution in [0.3, 0.4) is 0 Å². The van der Waals surface area contributed by atoms with Crippen LogP contribution in [0.4, 0.5) is 11.4 Å². The van der Waals surface area contributed by atoms with Crippen LogP contribution in [0.25, 0.3) is 5.70 Å². The van der Waals surface area contributed by atoms with Crippen molar-refractivity contribution in [3.8, 4) is 0 Å². The van der Waals surface area contributed by atoms with Crippen LogP contribution in [0, 0.1) is 0 Å². The maximum absolute atomic E-state index is 4.14. The molecule has 2 N–H and O–H groups in total. The van der Waals surface area contributed by atoms with Crippen molar-refractivity contribution in [2.24, 2.45) is 0 Å². The molecule has 0 unspecified atom stereocenters. The summed E-state index contributed by atoms with van der Waals surface area (Å²) in [6.07, 6.45) is 1.71. The second-order valence-electron chi connectivity index (χ2n) is 5.20. The van der Waals surface area contributed by atoms with Gasteiger partial charge in [-0.3, -0.25) is 0 Å². The van der Waals surface area contributed by atoms with E-state index >= 15 is 0 Å². The summed E-state index contributed by atoms with van der Waals surface area (Å²) in [5.74, 6) is 0. The van der Waals surface area contributed by atoms with Gasteiger partial charge in [0.1, 0.15) is 0 Å². The Balaban J connectivity index is 2.22. The Labute approximate surface area is 137 Å². The zero-order chi connectivity index (χ0) is 15.9. The van der Waals surface area contributed by atoms with Crippen molar-refractivity contribution in [2.45, 2.75) is 24.0 Å². The molecule has 0 spiro atoms. The standard InChI is InChI=1S/C19H22N2S/c1-5-20-18-13-16(11-12-19(18)22-14(2)3)15(4)21-17-9-7-6-8-10-17/h5-14,20-21H,1,4H2,2-3H3. The van der Waals surface area contributed by atoms with Crippen molar-refractivity contribution in [1.29, 1.82) is 0 Å². The van der Waals surface area contributed by atoms with Gasteiger partial charge in [-0.15, -0.1) is 11.8 Å². The maximum Gasteiger partial charge on any atom is 0.0524 e. The molecule has 22 heavy (non-hydrogen) atoms. The van der Waals surface area contributed by atoms with Gasteiger partial charge in [-0.1, -0.05) is 51.3 Å². The summed E-state index contributed by atoms with van der Waals surface area (Å²) in [5.41, 5.74) is 4.02. The number of rotatable bonds is 7. The van der Waals surface area contributed by atoms with Crippen LogP contribution in [0.1, 0.15) is 19.4 Å². The SMILES string of the molecule is C=CNc1cc(C(=C)Nc2ccccc2)ccc1SC(C)C. The van der Waals surface area contributed by atoms with Gasteiger partial charge in [0, 0.05) is 21.5 Å². The first-order valence-corrected chi connectivity index (χ1v) is 8.17. The van der Waals surface area contributed by atoms with Crippen molar-refractivity contribution >= 4 is 28.8 Å². The summed E-state index contributed by atoms with van der Waals surface area (Å²) in [6.45, 7) is 12.3. The third-order valence-electron chi connectivity index (χ3n) is 3.02. The predicted octanol–water partition coefficient (Wildman–Crippen LogP) is 5.83. The summed E-state index contributed by atoms with van der Waals surface area (Å²) in [5, 5.41) is 7.08. The van der Waals surface area contributed by atoms with Crippen LogP contribution in [-0.2, 0) is 0 Å². The van der Waals surface area contributed by atoms with Crippen LogP contribution >= 0.6 is 11.8 Å². The van der Waals surface area contributed by atoms with E-state index in [0.29, 0.717) is 5.25 Å². The van der Waals surface area contributed by atoms with Gasteiger partial charge >= 0.3 is 0 Å². The first-order valence-electron chi connectivity index (χ1n) is 7.29. The van der Waals surface area contributed by atoms with Crippen molar-refractivity contribution in [1.82, 2.24) is 0 Å². The number of hydrogen-bond acceptors (Lipinski definition) is 3. The lowest BCUT2D eigenvalue weighted by Gasteiger charge is -2.15. The van der Waals surface area contributed by atoms with E-state index in [2.05, 4.69) is 55.8 Å². The molecule has 0 saturated carbocycles. The van der Waals surface area contributed by atoms with E-state index in [1.165, 1.54) is 4.90 Å². The highest BCUT2D eigenvalue weighted by atomic mass is 32.2. The number of anilines is 2. The first-order chi connectivity index (χ1) is 10.6. The highest BCUT2D eigenvalue weighted by Crippen LogP contribution is 2.33. The highest BCUT2D eigenvalue weighted by molar-refractivity contribution is 8.00. The van der Waals surface area contributed by atoms with E-state index in [1.807, 2.05) is 42.1 Å². The van der Waals surface area contributed by atoms with Gasteiger partial charge < -0.3 is 10.6 Å². The summed E-state index contributed by atoms with van der Waals surface area (Å²) in [4.78, 5) is 1.21. The Bertz CT molecular complexity index is 648. The van der Waals surface area contributed by atoms with E-state index in [9.17, 15) is 0 Å². The summed E-state index contributed by atoms with van der Waals surface area (Å²) < 4.78 is 0. The molecule has 0 fully saturated rings. The molecule has 2 nitrogen and oxygen atoms in total. The second-order valence-corrected chi connectivity index (χ2v) is 6.81. The van der Waals surface area contributed by atoms with E-state index in [1.54, 1.807) is 6.20 Å². The lowest BCUT2D eigenvalue weighted by atomic mass is 10.1. The molecule has 2 aromatic carbocycles. The lowest BCUT2D eigenvalue weighted by molar-refractivity contribution is 1.11. The molecule has 2 aromatic rings. The van der Waals surface area contributed by atoms with Gasteiger partial charge in [-0.25, -0.2) is 0 Å². The van der Waals surface area contributed by atoms with Crippen LogP contribution in [0.5, 0.6) is 0 Å². The largest absolute Gasteiger partial charge is 0.361 e. The third-order valence-corrected chi connectivity index (χ3v) is 4.10. The molecule has 3 heteroatoms. The van der Waals surface area contributed by atoms with E-state index in [-0.39, 0.29) is 0 Å². The number of nitrogens with one attached hydrogen (secondary N) is 2. The zero-order valence-corrected chi connectivity index (χ0v) is 13.9. The molecular weight excluding hydrogens is 288 g/mol. The van der Waals surface area contributed by atoms with Gasteiger partial charge in [-0.05, 0) is 36.0 Å². The van der Waals surface area contributed by atoms with E-state index < -0.39 is 0 Å². The van der Waals surface area contributed by atoms with Crippen molar-refractivity contribution in [2.75, 3.05) is 10.6 Å². The molecule has 0 heterocycles. The fraction of sp³-hybridized carbons (Fsp3) is 0.158. The molecule has 0 aliphatic carbocycles. The Kier molecular flexibility index (Phi) is 5.73. The van der Waals surface area contributed by atoms with Crippen molar-refractivity contribution in [3.05, 3.63) is 73.5 Å². The molecule has 0 radical (unpaired) electrons. The summed E-state index contributed by atoms with van der Waals surface area (Å²) >= 11 is 1.83. The minimum Gasteiger partial charge on any atom is -0.361 e. The maximum atomic E-state index is 4.14. The number of thioether (sulfide) groups is 1. The number of hydrogen-bond donors (Lipinski definition) is 2. The fourth-order valence-corrected chi connectivity index (χ4v) is 2.96. The predicted molar refractivity (Wildman–Crippen MR) is 100 cm³/mol. The first kappa shape index (κ1) is 16.2. The highest BCUT2D eigenvalue weighted by Gasteiger charge is 2.08. The van der Waals surface area contributed by atoms with Crippen LogP contribution < -0.4 is 10.6 Å². The fourth-order valence-electron chi connectivity index (χ4n) is 2.07. The van der Waals surface area contributed by atoms with Gasteiger partial charge in [0.2, 0.25) is 0 Å². The zero-order valence-electron chi connectivity index (χ0n) is 13.1. The molecule has 0 atom stereocenters. The molecular formula is C19H22N2S. The monoisotopic (exact) mass is 310 g/mol. The smallest absolute Gasteiger partial charge is 0.0524 e. The normalized spacial score (nSPS) is 10.3. The molecule has 2 rings (SSSR count). The lowest BCUT2D eigenvalue weighted by Crippen LogP contribution is -1.99. The molecule has 0 saturated heterocycles. The Morgan fingerprint density at radius 1 is 1.14 bits per heavy atom. The molecule has 0 aliphatic heterocycles. The van der Waals surface area contributed by atoms with E-state index in [4.69, 9.17) is 0 Å². The second kappa shape index (κ2) is 7.76. The number of para-hydroxylation sites is 1. The van der Waals surface area contributed by atoms with Crippen LogP contribution in [-0.4, -0.2) is 5.25 Å². The Hall–Kier alpha value is -2.13. The minimum absolute atomic E-state index is 0.530. The summed E-state index contributed by atoms with van der Waals surface area (Å²) in [6, 6.07) is 16.4. The molecule has 0 aromatic heterocycles. The third kappa shape index (κ3) is 4.43. The van der Waals surface area contributed by atoms with Crippen LogP contribution in [0.2, 0.25) is 0 Å². The van der Waals surface area contributed by atoms with Crippen LogP contribution in [0.15, 0.2) is 72.8 Å². The van der Waals surface area contributed by atoms with Gasteiger partial charge in [0.15, 0.2) is 0 Å². The van der Waals surface area contributed by atoms with Crippen molar-refractivity contribution < 1.29 is 0 Å². The molecule has 0 aliphatic rings. The van der Waals surface area contributed by atoms with Gasteiger partial charge in [0.05, 0.1) is 5.69 Å². The summed E-state index contributed by atoms with van der Waals surface area (Å²) in [7, 11) is 0. The minimum atomic E-state index is 0.530. The molecule has 114 valence electrons. The Morgan fingerprint density at radius 2 is 1.86 bits per heavy atom. The number of benzene rings is 2. The average molecular weight is 310 g/mol. The Morgan fingerprint density at radius 3 is 2.50 bits per heavy atom. The van der Waals surface area contributed by atoms with E-state index in [0.717, 1.165) is 22.6 Å². The average Bonchev–Trinajstić information content (AvgIpc) is 2.49. The molecule has 0 amide bonds. The van der Waals surface area contributed by atoms with Gasteiger partial charge in [0.25, 0.3) is 0 Å². The van der Waals surface area contributed by atoms with Crippen molar-refractivity contribution in [3.63, 3.8) is 0 Å². The quantitative estimate of drug-likeness (QED) is 0.630.